The van der Waals surface area contributed by atoms with Gasteiger partial charge in [0.05, 0.1) is 17.0 Å². The highest BCUT2D eigenvalue weighted by Crippen LogP contribution is 2.32. The highest BCUT2D eigenvalue weighted by molar-refractivity contribution is 5.93. The maximum Gasteiger partial charge on any atom is 0.416 e. The lowest BCUT2D eigenvalue weighted by Gasteiger charge is -2.07. The molecule has 0 radical (unpaired) electrons. The molecule has 7 heteroatoms. The summed E-state index contributed by atoms with van der Waals surface area (Å²) >= 11 is 0. The van der Waals surface area contributed by atoms with Gasteiger partial charge in [0.2, 0.25) is 5.91 Å². The summed E-state index contributed by atoms with van der Waals surface area (Å²) in [4.78, 5) is 11.1. The van der Waals surface area contributed by atoms with Crippen molar-refractivity contribution in [2.24, 2.45) is 12.8 Å². The Morgan fingerprint density at radius 2 is 1.56 bits per heavy atom. The van der Waals surface area contributed by atoms with Crippen LogP contribution >= 0.6 is 0 Å². The molecular formula is C18H14F3N3O. The van der Waals surface area contributed by atoms with E-state index in [1.54, 1.807) is 42.1 Å². The number of carbonyl (C=O) groups excluding carboxylic acids is 1. The van der Waals surface area contributed by atoms with E-state index in [1.165, 1.54) is 12.1 Å². The smallest absolute Gasteiger partial charge is 0.366 e. The minimum absolute atomic E-state index is 0.391. The molecule has 25 heavy (non-hydrogen) atoms. The average Bonchev–Trinajstić information content (AvgIpc) is 2.96. The molecule has 1 amide bonds. The van der Waals surface area contributed by atoms with Gasteiger partial charge < -0.3 is 5.73 Å². The lowest BCUT2D eigenvalue weighted by atomic mass is 10.1. The summed E-state index contributed by atoms with van der Waals surface area (Å²) in [6, 6.07) is 13.3. The van der Waals surface area contributed by atoms with Gasteiger partial charge in [-0.2, -0.15) is 18.3 Å². The number of carbonyl (C=O) groups is 1. The van der Waals surface area contributed by atoms with Gasteiger partial charge in [-0.3, -0.25) is 9.48 Å². The van der Waals surface area contributed by atoms with E-state index in [0.717, 1.165) is 17.7 Å². The van der Waals surface area contributed by atoms with Crippen LogP contribution in [-0.4, -0.2) is 15.7 Å². The van der Waals surface area contributed by atoms with Crippen molar-refractivity contribution in [2.45, 2.75) is 6.18 Å². The zero-order chi connectivity index (χ0) is 18.2. The van der Waals surface area contributed by atoms with Crippen molar-refractivity contribution >= 4 is 5.91 Å². The van der Waals surface area contributed by atoms with Crippen LogP contribution in [-0.2, 0) is 13.2 Å². The number of nitrogens with two attached hydrogens (primary N) is 1. The van der Waals surface area contributed by atoms with E-state index in [2.05, 4.69) is 5.10 Å². The van der Waals surface area contributed by atoms with Gasteiger partial charge in [-0.05, 0) is 35.9 Å². The lowest BCUT2D eigenvalue weighted by Crippen LogP contribution is -2.10. The molecule has 0 aliphatic carbocycles. The minimum Gasteiger partial charge on any atom is -0.366 e. The molecule has 4 nitrogen and oxygen atoms in total. The number of hydrogen-bond acceptors (Lipinski definition) is 2. The molecule has 128 valence electrons. The van der Waals surface area contributed by atoms with Crippen LogP contribution in [0.4, 0.5) is 13.2 Å². The predicted octanol–water partition coefficient (Wildman–Crippen LogP) is 3.87. The summed E-state index contributed by atoms with van der Waals surface area (Å²) in [6.07, 6.45) is -4.36. The number of nitrogens with zero attached hydrogens (tertiary/aromatic N) is 2. The molecule has 2 aromatic carbocycles. The average molecular weight is 345 g/mol. The van der Waals surface area contributed by atoms with Crippen LogP contribution in [0.25, 0.3) is 22.5 Å². The van der Waals surface area contributed by atoms with E-state index in [1.807, 2.05) is 0 Å². The van der Waals surface area contributed by atoms with Crippen LogP contribution in [0.1, 0.15) is 15.9 Å². The number of aromatic nitrogens is 2. The fraction of sp³-hybridized carbons (Fsp3) is 0.111. The Morgan fingerprint density at radius 1 is 1.00 bits per heavy atom. The fourth-order valence-electron chi connectivity index (χ4n) is 2.51. The van der Waals surface area contributed by atoms with Crippen LogP contribution < -0.4 is 5.73 Å². The van der Waals surface area contributed by atoms with Crippen LogP contribution in [0, 0.1) is 0 Å². The van der Waals surface area contributed by atoms with Crippen molar-refractivity contribution in [1.29, 1.82) is 0 Å². The quantitative estimate of drug-likeness (QED) is 0.783. The summed E-state index contributed by atoms with van der Waals surface area (Å²) in [5.41, 5.74) is 7.64. The molecule has 2 N–H and O–H groups in total. The maximum atomic E-state index is 12.7. The first kappa shape index (κ1) is 16.8. The Morgan fingerprint density at radius 3 is 2.08 bits per heavy atom. The molecule has 3 aromatic rings. The molecule has 0 aliphatic rings. The summed E-state index contributed by atoms with van der Waals surface area (Å²) in [5, 5.41) is 4.38. The third kappa shape index (κ3) is 3.40. The Hall–Kier alpha value is -3.09. The highest BCUT2D eigenvalue weighted by atomic mass is 19.4. The Balaban J connectivity index is 1.93. The topological polar surface area (TPSA) is 60.9 Å². The third-order valence-corrected chi connectivity index (χ3v) is 3.85. The van der Waals surface area contributed by atoms with E-state index in [9.17, 15) is 18.0 Å². The van der Waals surface area contributed by atoms with Crippen molar-refractivity contribution < 1.29 is 18.0 Å². The van der Waals surface area contributed by atoms with Crippen LogP contribution in [0.5, 0.6) is 0 Å². The van der Waals surface area contributed by atoms with Gasteiger partial charge in [-0.1, -0.05) is 24.3 Å². The Bertz CT molecular complexity index is 910. The number of alkyl halides is 3. The van der Waals surface area contributed by atoms with Gasteiger partial charge in [0.1, 0.15) is 0 Å². The van der Waals surface area contributed by atoms with Gasteiger partial charge in [0, 0.05) is 18.2 Å². The Labute approximate surface area is 141 Å². The first-order valence-corrected chi connectivity index (χ1v) is 7.37. The number of halogens is 3. The van der Waals surface area contributed by atoms with E-state index in [0.29, 0.717) is 22.5 Å². The largest absolute Gasteiger partial charge is 0.416 e. The van der Waals surface area contributed by atoms with E-state index < -0.39 is 17.6 Å². The van der Waals surface area contributed by atoms with Gasteiger partial charge in [0.25, 0.3) is 0 Å². The fourth-order valence-corrected chi connectivity index (χ4v) is 2.51. The molecule has 3 rings (SSSR count). The lowest BCUT2D eigenvalue weighted by molar-refractivity contribution is -0.137. The molecule has 0 fully saturated rings. The number of benzene rings is 2. The van der Waals surface area contributed by atoms with E-state index in [-0.39, 0.29) is 0 Å². The maximum absolute atomic E-state index is 12.7. The summed E-state index contributed by atoms with van der Waals surface area (Å²) in [6.45, 7) is 0. The molecule has 0 saturated heterocycles. The van der Waals surface area contributed by atoms with Gasteiger partial charge >= 0.3 is 6.18 Å². The molecule has 0 unspecified atom stereocenters. The number of hydrogen-bond donors (Lipinski definition) is 1. The van der Waals surface area contributed by atoms with Gasteiger partial charge in [-0.15, -0.1) is 0 Å². The van der Waals surface area contributed by atoms with Crippen molar-refractivity contribution in [2.75, 3.05) is 0 Å². The van der Waals surface area contributed by atoms with Crippen LogP contribution in [0.3, 0.4) is 0 Å². The molecular weight excluding hydrogens is 331 g/mol. The SMILES string of the molecule is Cn1nc(-c2ccc(C(N)=O)cc2)cc1-c1ccc(C(F)(F)F)cc1. The third-order valence-electron chi connectivity index (χ3n) is 3.85. The van der Waals surface area contributed by atoms with Crippen LogP contribution in [0.15, 0.2) is 54.6 Å². The van der Waals surface area contributed by atoms with Gasteiger partial charge in [-0.25, -0.2) is 0 Å². The number of amides is 1. The Kier molecular flexibility index (Phi) is 4.08. The van der Waals surface area contributed by atoms with Crippen molar-refractivity contribution in [3.8, 4) is 22.5 Å². The minimum atomic E-state index is -4.36. The standard InChI is InChI=1S/C18H14F3N3O/c1-24-16(12-6-8-14(9-7-12)18(19,20)21)10-15(23-24)11-2-4-13(5-3-11)17(22)25/h2-10H,1H3,(H2,22,25). The second-order valence-electron chi connectivity index (χ2n) is 5.56. The van der Waals surface area contributed by atoms with E-state index >= 15 is 0 Å². The normalized spacial score (nSPS) is 11.5. The number of rotatable bonds is 3. The molecule has 0 spiro atoms. The first-order chi connectivity index (χ1) is 11.8. The molecule has 0 bridgehead atoms. The molecule has 0 aliphatic heterocycles. The summed E-state index contributed by atoms with van der Waals surface area (Å²) in [7, 11) is 1.72. The predicted molar refractivity (Wildman–Crippen MR) is 87.6 cm³/mol. The monoisotopic (exact) mass is 345 g/mol. The number of primary amides is 1. The molecule has 0 saturated carbocycles. The van der Waals surface area contributed by atoms with Gasteiger partial charge in [0.15, 0.2) is 0 Å². The first-order valence-electron chi connectivity index (χ1n) is 7.37. The highest BCUT2D eigenvalue weighted by Gasteiger charge is 2.30. The van der Waals surface area contributed by atoms with Crippen molar-refractivity contribution in [3.05, 3.63) is 65.7 Å². The van der Waals surface area contributed by atoms with Crippen molar-refractivity contribution in [3.63, 3.8) is 0 Å². The van der Waals surface area contributed by atoms with Crippen molar-refractivity contribution in [1.82, 2.24) is 9.78 Å². The zero-order valence-electron chi connectivity index (χ0n) is 13.2. The van der Waals surface area contributed by atoms with Crippen LogP contribution in [0.2, 0.25) is 0 Å². The molecule has 1 aromatic heterocycles. The molecule has 1 heterocycles. The summed E-state index contributed by atoms with van der Waals surface area (Å²) < 4.78 is 39.6. The second kappa shape index (κ2) is 6.08. The summed E-state index contributed by atoms with van der Waals surface area (Å²) in [5.74, 6) is -0.516. The zero-order valence-corrected chi connectivity index (χ0v) is 13.2. The molecule has 0 atom stereocenters. The number of aryl methyl sites for hydroxylation is 1. The van der Waals surface area contributed by atoms with E-state index in [4.69, 9.17) is 5.73 Å². The second-order valence-corrected chi connectivity index (χ2v) is 5.56.